The zero-order valence-electron chi connectivity index (χ0n) is 23.4. The highest BCUT2D eigenvalue weighted by atomic mass is 32.1. The van der Waals surface area contributed by atoms with Crippen LogP contribution < -0.4 is 10.6 Å². The van der Waals surface area contributed by atoms with E-state index >= 15 is 0 Å². The molecule has 41 heavy (non-hydrogen) atoms. The van der Waals surface area contributed by atoms with Crippen molar-refractivity contribution >= 4 is 29.0 Å². The summed E-state index contributed by atoms with van der Waals surface area (Å²) in [7, 11) is 0. The number of benzene rings is 1. The summed E-state index contributed by atoms with van der Waals surface area (Å²) < 4.78 is 6.09. The normalized spacial score (nSPS) is 20.5. The molecule has 3 aromatic heterocycles. The van der Waals surface area contributed by atoms with Crippen LogP contribution in [0, 0.1) is 6.92 Å². The Kier molecular flexibility index (Phi) is 7.16. The van der Waals surface area contributed by atoms with E-state index in [1.165, 1.54) is 0 Å². The molecule has 0 radical (unpaired) electrons. The molecule has 2 amide bonds. The fourth-order valence-electron chi connectivity index (χ4n) is 5.66. The van der Waals surface area contributed by atoms with Gasteiger partial charge in [-0.25, -0.2) is 9.97 Å². The van der Waals surface area contributed by atoms with Crippen LogP contribution in [0.4, 0.5) is 5.82 Å². The van der Waals surface area contributed by atoms with Crippen molar-refractivity contribution in [3.63, 3.8) is 0 Å². The molecule has 2 saturated heterocycles. The SMILES string of the molecule is Cc1csc([C@H]2CCCN2C(=O)c2cc(-c3nnc(C(C)(N)Cc4ccccc4)o3)nc(N3C(=O)CCC3C)c2)n1. The molecule has 2 aliphatic rings. The average molecular weight is 572 g/mol. The van der Waals surface area contributed by atoms with Crippen molar-refractivity contribution in [2.75, 3.05) is 11.4 Å². The van der Waals surface area contributed by atoms with Gasteiger partial charge in [0.05, 0.1) is 11.6 Å². The Hall–Kier alpha value is -3.96. The highest BCUT2D eigenvalue weighted by Crippen LogP contribution is 2.36. The zero-order chi connectivity index (χ0) is 28.7. The Morgan fingerprint density at radius 2 is 1.98 bits per heavy atom. The molecule has 2 unspecified atom stereocenters. The zero-order valence-corrected chi connectivity index (χ0v) is 24.2. The number of carbonyl (C=O) groups is 2. The minimum absolute atomic E-state index is 0.0264. The molecule has 2 N–H and O–H groups in total. The second-order valence-electron chi connectivity index (χ2n) is 11.2. The molecule has 4 aromatic rings. The third-order valence-corrected chi connectivity index (χ3v) is 8.84. The van der Waals surface area contributed by atoms with Gasteiger partial charge in [0.2, 0.25) is 11.8 Å². The molecular formula is C30H33N7O3S. The fourth-order valence-corrected chi connectivity index (χ4v) is 6.61. The Labute approximate surface area is 242 Å². The summed E-state index contributed by atoms with van der Waals surface area (Å²) in [6, 6.07) is 13.1. The first-order chi connectivity index (χ1) is 19.7. The van der Waals surface area contributed by atoms with Gasteiger partial charge >= 0.3 is 0 Å². The Morgan fingerprint density at radius 1 is 1.17 bits per heavy atom. The quantitative estimate of drug-likeness (QED) is 0.334. The van der Waals surface area contributed by atoms with Crippen LogP contribution in [0.15, 0.2) is 52.3 Å². The number of amides is 2. The maximum absolute atomic E-state index is 14.0. The lowest BCUT2D eigenvalue weighted by molar-refractivity contribution is -0.117. The van der Waals surface area contributed by atoms with E-state index in [9.17, 15) is 9.59 Å². The van der Waals surface area contributed by atoms with Gasteiger partial charge in [-0.15, -0.1) is 21.5 Å². The van der Waals surface area contributed by atoms with Gasteiger partial charge in [-0.1, -0.05) is 30.3 Å². The molecule has 0 spiro atoms. The molecule has 5 heterocycles. The van der Waals surface area contributed by atoms with E-state index in [-0.39, 0.29) is 35.7 Å². The van der Waals surface area contributed by atoms with Crippen LogP contribution in [-0.4, -0.2) is 49.5 Å². The number of thiazole rings is 1. The van der Waals surface area contributed by atoms with Crippen LogP contribution >= 0.6 is 11.3 Å². The number of carbonyl (C=O) groups excluding carboxylic acids is 2. The molecule has 2 aliphatic heterocycles. The Balaban J connectivity index is 1.36. The highest BCUT2D eigenvalue weighted by molar-refractivity contribution is 7.09. The first-order valence-electron chi connectivity index (χ1n) is 13.9. The predicted octanol–water partition coefficient (Wildman–Crippen LogP) is 4.81. The van der Waals surface area contributed by atoms with Gasteiger partial charge in [-0.3, -0.25) is 14.5 Å². The van der Waals surface area contributed by atoms with E-state index in [1.54, 1.807) is 28.4 Å². The molecule has 1 aromatic carbocycles. The lowest BCUT2D eigenvalue weighted by atomic mass is 9.94. The Morgan fingerprint density at radius 3 is 2.68 bits per heavy atom. The van der Waals surface area contributed by atoms with Gasteiger partial charge in [0.1, 0.15) is 16.5 Å². The van der Waals surface area contributed by atoms with Crippen LogP contribution in [0.25, 0.3) is 11.6 Å². The molecule has 212 valence electrons. The summed E-state index contributed by atoms with van der Waals surface area (Å²) in [6.07, 6.45) is 3.41. The molecule has 6 rings (SSSR count). The number of nitrogens with zero attached hydrogens (tertiary/aromatic N) is 6. The van der Waals surface area contributed by atoms with Gasteiger partial charge in [0, 0.05) is 35.6 Å². The third-order valence-electron chi connectivity index (χ3n) is 7.77. The van der Waals surface area contributed by atoms with E-state index in [0.717, 1.165) is 35.5 Å². The summed E-state index contributed by atoms with van der Waals surface area (Å²) in [6.45, 7) is 6.41. The standard InChI is InChI=1S/C30H33N7O3S/c1-18-17-41-27(32-18)23-10-7-13-36(23)28(39)21-14-22(33-24(15-21)37-19(2)11-12-25(37)38)26-34-35-29(40-26)30(3,31)16-20-8-5-4-6-9-20/h4-6,8-9,14-15,17,19,23H,7,10-13,16,31H2,1-3H3/t19?,23-,30?/m1/s1. The topological polar surface area (TPSA) is 131 Å². The van der Waals surface area contributed by atoms with Gasteiger partial charge in [-0.2, -0.15) is 0 Å². The van der Waals surface area contributed by atoms with Gasteiger partial charge < -0.3 is 15.1 Å². The number of rotatable bonds is 7. The minimum Gasteiger partial charge on any atom is -0.417 e. The van der Waals surface area contributed by atoms with Crippen LogP contribution in [0.3, 0.4) is 0 Å². The van der Waals surface area contributed by atoms with Crippen LogP contribution in [0.5, 0.6) is 0 Å². The van der Waals surface area contributed by atoms with Crippen molar-refractivity contribution in [1.82, 2.24) is 25.1 Å². The maximum atomic E-state index is 14.0. The van der Waals surface area contributed by atoms with Crippen molar-refractivity contribution in [1.29, 1.82) is 0 Å². The first kappa shape index (κ1) is 27.2. The lowest BCUT2D eigenvalue weighted by Gasteiger charge is -2.25. The summed E-state index contributed by atoms with van der Waals surface area (Å²) in [4.78, 5) is 39.8. The van der Waals surface area contributed by atoms with Crippen molar-refractivity contribution in [2.24, 2.45) is 5.73 Å². The molecular weight excluding hydrogens is 538 g/mol. The lowest BCUT2D eigenvalue weighted by Crippen LogP contribution is -2.35. The predicted molar refractivity (Wildman–Crippen MR) is 155 cm³/mol. The van der Waals surface area contributed by atoms with E-state index in [0.29, 0.717) is 36.5 Å². The number of likely N-dealkylation sites (tertiary alicyclic amines) is 1. The fraction of sp³-hybridized carbons (Fsp3) is 0.400. The smallest absolute Gasteiger partial charge is 0.266 e. The molecule has 0 aliphatic carbocycles. The van der Waals surface area contributed by atoms with E-state index in [2.05, 4.69) is 15.2 Å². The van der Waals surface area contributed by atoms with E-state index in [4.69, 9.17) is 15.1 Å². The first-order valence-corrected chi connectivity index (χ1v) is 14.8. The maximum Gasteiger partial charge on any atom is 0.266 e. The van der Waals surface area contributed by atoms with Crippen LogP contribution in [0.1, 0.15) is 78.1 Å². The van der Waals surface area contributed by atoms with Crippen molar-refractivity contribution in [2.45, 2.75) is 70.5 Å². The molecule has 10 nitrogen and oxygen atoms in total. The number of hydrogen-bond donors (Lipinski definition) is 1. The molecule has 3 atom stereocenters. The molecule has 0 bridgehead atoms. The van der Waals surface area contributed by atoms with Crippen LogP contribution in [0.2, 0.25) is 0 Å². The van der Waals surface area contributed by atoms with Crippen molar-refractivity contribution < 1.29 is 14.0 Å². The summed E-state index contributed by atoms with van der Waals surface area (Å²) in [5, 5.41) is 11.5. The van der Waals surface area contributed by atoms with Crippen molar-refractivity contribution in [3.05, 3.63) is 75.6 Å². The number of pyridine rings is 1. The molecule has 0 saturated carbocycles. The second-order valence-corrected chi connectivity index (χ2v) is 12.1. The summed E-state index contributed by atoms with van der Waals surface area (Å²) in [5.74, 6) is 0.647. The molecule has 11 heteroatoms. The Bertz CT molecular complexity index is 1580. The van der Waals surface area contributed by atoms with Crippen LogP contribution in [-0.2, 0) is 16.8 Å². The number of aryl methyl sites for hydroxylation is 1. The highest BCUT2D eigenvalue weighted by Gasteiger charge is 2.36. The molecule has 2 fully saturated rings. The summed E-state index contributed by atoms with van der Waals surface area (Å²) >= 11 is 1.58. The largest absolute Gasteiger partial charge is 0.417 e. The minimum atomic E-state index is -0.920. The van der Waals surface area contributed by atoms with Gasteiger partial charge in [-0.05, 0) is 64.2 Å². The van der Waals surface area contributed by atoms with Gasteiger partial charge in [0.15, 0.2) is 0 Å². The number of anilines is 1. The van der Waals surface area contributed by atoms with Crippen molar-refractivity contribution in [3.8, 4) is 11.6 Å². The monoisotopic (exact) mass is 571 g/mol. The number of hydrogen-bond acceptors (Lipinski definition) is 9. The van der Waals surface area contributed by atoms with Gasteiger partial charge in [0.25, 0.3) is 11.8 Å². The third kappa shape index (κ3) is 5.39. The average Bonchev–Trinajstić information content (AvgIpc) is 3.76. The number of nitrogens with two attached hydrogens (primary N) is 1. The van der Waals surface area contributed by atoms with E-state index < -0.39 is 5.54 Å². The van der Waals surface area contributed by atoms with E-state index in [1.807, 2.05) is 61.4 Å². The number of aromatic nitrogens is 4. The summed E-state index contributed by atoms with van der Waals surface area (Å²) in [5.41, 5.74) is 8.44. The second kappa shape index (κ2) is 10.8.